The first kappa shape index (κ1) is 13.0. The fourth-order valence-corrected chi connectivity index (χ4v) is 1.96. The lowest BCUT2D eigenvalue weighted by Gasteiger charge is -2.07. The van der Waals surface area contributed by atoms with Crippen LogP contribution >= 0.6 is 22.6 Å². The van der Waals surface area contributed by atoms with E-state index in [4.69, 9.17) is 0 Å². The predicted molar refractivity (Wildman–Crippen MR) is 73.6 cm³/mol. The number of aliphatic hydroxyl groups excluding tert-OH is 1. The number of halogens is 1. The van der Waals surface area contributed by atoms with Crippen molar-refractivity contribution < 1.29 is 10.0 Å². The van der Waals surface area contributed by atoms with Crippen molar-refractivity contribution in [2.75, 3.05) is 0 Å². The maximum atomic E-state index is 11.1. The molecule has 1 N–H and O–H groups in total. The molecule has 0 radical (unpaired) electrons. The van der Waals surface area contributed by atoms with Crippen LogP contribution in [-0.2, 0) is 0 Å². The Labute approximate surface area is 117 Å². The first-order chi connectivity index (χ1) is 8.49. The molecule has 7 heteroatoms. The highest BCUT2D eigenvalue weighted by atomic mass is 127. The van der Waals surface area contributed by atoms with Gasteiger partial charge in [0.25, 0.3) is 5.69 Å². The Kier molecular flexibility index (Phi) is 3.62. The van der Waals surface area contributed by atoms with Gasteiger partial charge in [0.1, 0.15) is 5.69 Å². The summed E-state index contributed by atoms with van der Waals surface area (Å²) in [5, 5.41) is 24.6. The number of rotatable bonds is 3. The summed E-state index contributed by atoms with van der Waals surface area (Å²) in [4.78, 5) is 10.6. The fourth-order valence-electron chi connectivity index (χ4n) is 1.57. The van der Waals surface area contributed by atoms with Crippen LogP contribution in [0.25, 0.3) is 5.69 Å². The smallest absolute Gasteiger partial charge is 0.295 e. The van der Waals surface area contributed by atoms with Crippen molar-refractivity contribution >= 4 is 28.3 Å². The van der Waals surface area contributed by atoms with Crippen molar-refractivity contribution in [3.8, 4) is 5.69 Å². The number of benzene rings is 1. The van der Waals surface area contributed by atoms with Crippen LogP contribution in [0, 0.1) is 13.7 Å². The van der Waals surface area contributed by atoms with Crippen LogP contribution < -0.4 is 0 Å². The Bertz CT molecular complexity index is 595. The van der Waals surface area contributed by atoms with Gasteiger partial charge in [-0.3, -0.25) is 10.1 Å². The molecule has 18 heavy (non-hydrogen) atoms. The second-order valence-electron chi connectivity index (χ2n) is 3.78. The SMILES string of the molecule is CC(O)c1ccc(-n2cc(I)cn2)c([N+](=O)[O-])c1. The number of hydrogen-bond acceptors (Lipinski definition) is 4. The van der Waals surface area contributed by atoms with Gasteiger partial charge in [-0.2, -0.15) is 5.10 Å². The van der Waals surface area contributed by atoms with Gasteiger partial charge in [0.2, 0.25) is 0 Å². The van der Waals surface area contributed by atoms with Crippen molar-refractivity contribution in [3.05, 3.63) is 49.8 Å². The maximum absolute atomic E-state index is 11.1. The Balaban J connectivity index is 2.57. The third-order valence-corrected chi connectivity index (χ3v) is 3.03. The summed E-state index contributed by atoms with van der Waals surface area (Å²) in [7, 11) is 0. The highest BCUT2D eigenvalue weighted by molar-refractivity contribution is 14.1. The van der Waals surface area contributed by atoms with Gasteiger partial charge in [-0.05, 0) is 41.1 Å². The minimum absolute atomic E-state index is 0.0760. The van der Waals surface area contributed by atoms with Crippen LogP contribution in [0.3, 0.4) is 0 Å². The lowest BCUT2D eigenvalue weighted by atomic mass is 10.1. The van der Waals surface area contributed by atoms with E-state index in [2.05, 4.69) is 27.7 Å². The second kappa shape index (κ2) is 5.02. The van der Waals surface area contributed by atoms with Gasteiger partial charge in [-0.25, -0.2) is 4.68 Å². The largest absolute Gasteiger partial charge is 0.389 e. The van der Waals surface area contributed by atoms with Crippen molar-refractivity contribution in [2.45, 2.75) is 13.0 Å². The van der Waals surface area contributed by atoms with Crippen LogP contribution in [0.2, 0.25) is 0 Å². The van der Waals surface area contributed by atoms with E-state index >= 15 is 0 Å². The normalized spacial score (nSPS) is 12.4. The molecule has 1 unspecified atom stereocenters. The first-order valence-electron chi connectivity index (χ1n) is 5.16. The van der Waals surface area contributed by atoms with E-state index in [1.165, 1.54) is 10.7 Å². The molecule has 0 aliphatic rings. The van der Waals surface area contributed by atoms with E-state index in [0.29, 0.717) is 11.3 Å². The van der Waals surface area contributed by atoms with Gasteiger partial charge in [-0.15, -0.1) is 0 Å². The molecule has 0 saturated heterocycles. The summed E-state index contributed by atoms with van der Waals surface area (Å²) in [6.45, 7) is 1.57. The molecule has 0 fully saturated rings. The number of aliphatic hydroxyl groups is 1. The summed E-state index contributed by atoms with van der Waals surface area (Å²) in [6.07, 6.45) is 2.58. The molecule has 6 nitrogen and oxygen atoms in total. The molecule has 94 valence electrons. The van der Waals surface area contributed by atoms with Crippen LogP contribution in [-0.4, -0.2) is 19.8 Å². The minimum Gasteiger partial charge on any atom is -0.389 e. The summed E-state index contributed by atoms with van der Waals surface area (Å²) >= 11 is 2.08. The Hall–Kier alpha value is -1.48. The molecule has 1 aromatic carbocycles. The zero-order chi connectivity index (χ0) is 13.3. The lowest BCUT2D eigenvalue weighted by Crippen LogP contribution is -2.02. The number of aromatic nitrogens is 2. The maximum Gasteiger partial charge on any atom is 0.295 e. The molecule has 0 aliphatic carbocycles. The van der Waals surface area contributed by atoms with E-state index in [0.717, 1.165) is 3.57 Å². The fraction of sp³-hybridized carbons (Fsp3) is 0.182. The summed E-state index contributed by atoms with van der Waals surface area (Å²) in [5.74, 6) is 0. The van der Waals surface area contributed by atoms with Crippen LogP contribution in [0.15, 0.2) is 30.6 Å². The van der Waals surface area contributed by atoms with Gasteiger partial charge in [0.15, 0.2) is 0 Å². The van der Waals surface area contributed by atoms with E-state index in [-0.39, 0.29) is 5.69 Å². The molecule has 0 saturated carbocycles. The monoisotopic (exact) mass is 359 g/mol. The molecule has 1 heterocycles. The third-order valence-electron chi connectivity index (χ3n) is 2.48. The lowest BCUT2D eigenvalue weighted by molar-refractivity contribution is -0.384. The van der Waals surface area contributed by atoms with E-state index in [1.54, 1.807) is 31.5 Å². The van der Waals surface area contributed by atoms with Gasteiger partial charge in [0, 0.05) is 12.3 Å². The highest BCUT2D eigenvalue weighted by Gasteiger charge is 2.18. The molecule has 1 aromatic heterocycles. The highest BCUT2D eigenvalue weighted by Crippen LogP contribution is 2.26. The molecule has 2 rings (SSSR count). The average molecular weight is 359 g/mol. The van der Waals surface area contributed by atoms with Gasteiger partial charge < -0.3 is 5.11 Å². The standard InChI is InChI=1S/C11H10IN3O3/c1-7(16)8-2-3-10(11(4-8)15(17)18)14-6-9(12)5-13-14/h2-7,16H,1H3. The summed E-state index contributed by atoms with van der Waals surface area (Å²) in [6, 6.07) is 4.61. The number of nitro benzene ring substituents is 1. The zero-order valence-corrected chi connectivity index (χ0v) is 11.6. The van der Waals surface area contributed by atoms with E-state index in [1.807, 2.05) is 0 Å². The second-order valence-corrected chi connectivity index (χ2v) is 5.03. The van der Waals surface area contributed by atoms with Gasteiger partial charge >= 0.3 is 0 Å². The van der Waals surface area contributed by atoms with Crippen molar-refractivity contribution in [3.63, 3.8) is 0 Å². The molecular weight excluding hydrogens is 349 g/mol. The summed E-state index contributed by atoms with van der Waals surface area (Å²) < 4.78 is 2.34. The number of hydrogen-bond donors (Lipinski definition) is 1. The Morgan fingerprint density at radius 2 is 2.28 bits per heavy atom. The Morgan fingerprint density at radius 1 is 1.56 bits per heavy atom. The van der Waals surface area contributed by atoms with E-state index < -0.39 is 11.0 Å². The van der Waals surface area contributed by atoms with Crippen LogP contribution in [0.5, 0.6) is 0 Å². The molecule has 0 aliphatic heterocycles. The quantitative estimate of drug-likeness (QED) is 0.519. The third kappa shape index (κ3) is 2.51. The predicted octanol–water partition coefficient (Wildman–Crippen LogP) is 2.44. The summed E-state index contributed by atoms with van der Waals surface area (Å²) in [5.41, 5.74) is 0.813. The number of nitro groups is 1. The van der Waals surface area contributed by atoms with Crippen molar-refractivity contribution in [1.29, 1.82) is 0 Å². The molecule has 0 amide bonds. The van der Waals surface area contributed by atoms with E-state index in [9.17, 15) is 15.2 Å². The average Bonchev–Trinajstić information content (AvgIpc) is 2.74. The molecule has 2 aromatic rings. The minimum atomic E-state index is -0.740. The van der Waals surface area contributed by atoms with Crippen LogP contribution in [0.4, 0.5) is 5.69 Å². The molecular formula is C11H10IN3O3. The first-order valence-corrected chi connectivity index (χ1v) is 6.24. The molecule has 0 bridgehead atoms. The zero-order valence-electron chi connectivity index (χ0n) is 9.45. The van der Waals surface area contributed by atoms with Gasteiger partial charge in [-0.1, -0.05) is 6.07 Å². The van der Waals surface area contributed by atoms with Crippen LogP contribution in [0.1, 0.15) is 18.6 Å². The van der Waals surface area contributed by atoms with Crippen molar-refractivity contribution in [2.24, 2.45) is 0 Å². The molecule has 1 atom stereocenters. The van der Waals surface area contributed by atoms with Crippen molar-refractivity contribution in [1.82, 2.24) is 9.78 Å². The topological polar surface area (TPSA) is 81.2 Å². The molecule has 0 spiro atoms. The van der Waals surface area contributed by atoms with Gasteiger partial charge in [0.05, 0.1) is 20.8 Å². The Morgan fingerprint density at radius 3 is 2.78 bits per heavy atom. The number of nitrogens with zero attached hydrogens (tertiary/aromatic N) is 3.